The molecule has 0 heterocycles. The number of benzene rings is 1. The number of anilines is 1. The Hall–Kier alpha value is -1.29. The Morgan fingerprint density at radius 1 is 1.50 bits per heavy atom. The minimum Gasteiger partial charge on any atom is -0.480 e. The van der Waals surface area contributed by atoms with Crippen LogP contribution in [0, 0.1) is 11.7 Å². The van der Waals surface area contributed by atoms with Gasteiger partial charge in [0.1, 0.15) is 11.9 Å². The van der Waals surface area contributed by atoms with Gasteiger partial charge in [0.25, 0.3) is 0 Å². The third-order valence-electron chi connectivity index (χ3n) is 2.17. The van der Waals surface area contributed by atoms with Crippen LogP contribution in [0.5, 0.6) is 0 Å². The summed E-state index contributed by atoms with van der Waals surface area (Å²) in [7, 11) is 0. The summed E-state index contributed by atoms with van der Waals surface area (Å²) < 4.78 is 12.9. The lowest BCUT2D eigenvalue weighted by Crippen LogP contribution is -2.34. The summed E-state index contributed by atoms with van der Waals surface area (Å²) in [5, 5.41) is 11.7. The molecular formula is C11H13ClFNO2. The molecule has 2 N–H and O–H groups in total. The van der Waals surface area contributed by atoms with Crippen molar-refractivity contribution >= 4 is 23.3 Å². The van der Waals surface area contributed by atoms with Gasteiger partial charge in [-0.05, 0) is 24.1 Å². The predicted octanol–water partition coefficient (Wildman–Crippen LogP) is 3.00. The van der Waals surface area contributed by atoms with E-state index in [0.717, 1.165) is 0 Å². The molecular weight excluding hydrogens is 233 g/mol. The Morgan fingerprint density at radius 3 is 2.56 bits per heavy atom. The predicted molar refractivity (Wildman–Crippen MR) is 61.3 cm³/mol. The maximum atomic E-state index is 12.9. The van der Waals surface area contributed by atoms with Crippen LogP contribution in [0.4, 0.5) is 10.1 Å². The summed E-state index contributed by atoms with van der Waals surface area (Å²) in [6, 6.07) is 3.31. The number of halogens is 2. The highest BCUT2D eigenvalue weighted by Crippen LogP contribution is 2.21. The number of rotatable bonds is 4. The molecule has 0 bridgehead atoms. The molecule has 1 rings (SSSR count). The number of carboxylic acid groups (broad SMARTS) is 1. The highest BCUT2D eigenvalue weighted by atomic mass is 35.5. The van der Waals surface area contributed by atoms with Gasteiger partial charge in [-0.15, -0.1) is 0 Å². The molecule has 1 unspecified atom stereocenters. The molecule has 0 saturated heterocycles. The van der Waals surface area contributed by atoms with Crippen molar-refractivity contribution in [1.82, 2.24) is 0 Å². The van der Waals surface area contributed by atoms with Gasteiger partial charge in [0.2, 0.25) is 0 Å². The fourth-order valence-corrected chi connectivity index (χ4v) is 1.46. The number of carbonyl (C=O) groups is 1. The molecule has 0 fully saturated rings. The normalized spacial score (nSPS) is 12.6. The Kier molecular flexibility index (Phi) is 4.12. The second-order valence-corrected chi connectivity index (χ2v) is 4.24. The molecule has 0 aliphatic heterocycles. The third kappa shape index (κ3) is 3.10. The monoisotopic (exact) mass is 245 g/mol. The first kappa shape index (κ1) is 12.8. The van der Waals surface area contributed by atoms with Crippen LogP contribution in [0.1, 0.15) is 13.8 Å². The molecule has 0 saturated carbocycles. The van der Waals surface area contributed by atoms with Crippen molar-refractivity contribution in [3.63, 3.8) is 0 Å². The van der Waals surface area contributed by atoms with Gasteiger partial charge in [0, 0.05) is 5.69 Å². The molecule has 88 valence electrons. The van der Waals surface area contributed by atoms with Gasteiger partial charge in [0.05, 0.1) is 5.02 Å². The van der Waals surface area contributed by atoms with E-state index in [4.69, 9.17) is 16.7 Å². The molecule has 0 aliphatic rings. The average molecular weight is 246 g/mol. The average Bonchev–Trinajstić information content (AvgIpc) is 2.18. The second kappa shape index (κ2) is 5.16. The molecule has 0 spiro atoms. The zero-order chi connectivity index (χ0) is 12.3. The minimum atomic E-state index is -0.949. The largest absolute Gasteiger partial charge is 0.480 e. The summed E-state index contributed by atoms with van der Waals surface area (Å²) in [5.74, 6) is -1.56. The van der Waals surface area contributed by atoms with E-state index in [9.17, 15) is 9.18 Å². The highest BCUT2D eigenvalue weighted by molar-refractivity contribution is 6.31. The molecule has 0 amide bonds. The smallest absolute Gasteiger partial charge is 0.326 e. The van der Waals surface area contributed by atoms with Crippen molar-refractivity contribution in [2.24, 2.45) is 5.92 Å². The van der Waals surface area contributed by atoms with Crippen LogP contribution in [0.3, 0.4) is 0 Å². The maximum absolute atomic E-state index is 12.9. The fourth-order valence-electron chi connectivity index (χ4n) is 1.28. The lowest BCUT2D eigenvalue weighted by molar-refractivity contribution is -0.138. The van der Waals surface area contributed by atoms with E-state index in [1.165, 1.54) is 18.2 Å². The minimum absolute atomic E-state index is 0.0297. The van der Waals surface area contributed by atoms with Gasteiger partial charge in [-0.25, -0.2) is 9.18 Å². The van der Waals surface area contributed by atoms with Crippen LogP contribution in [0.15, 0.2) is 18.2 Å². The van der Waals surface area contributed by atoms with Crippen LogP contribution >= 0.6 is 11.6 Å². The molecule has 0 radical (unpaired) electrons. The Bertz CT molecular complexity index is 396. The first-order chi connectivity index (χ1) is 7.41. The topological polar surface area (TPSA) is 49.3 Å². The number of hydrogen-bond acceptors (Lipinski definition) is 2. The Morgan fingerprint density at radius 2 is 2.12 bits per heavy atom. The first-order valence-electron chi connectivity index (χ1n) is 4.86. The molecule has 0 aromatic heterocycles. The Labute approximate surface area is 98.2 Å². The van der Waals surface area contributed by atoms with Crippen LogP contribution in [-0.4, -0.2) is 17.1 Å². The number of nitrogens with one attached hydrogen (secondary N) is 1. The summed E-state index contributed by atoms with van der Waals surface area (Å²) in [5.41, 5.74) is 0.493. The van der Waals surface area contributed by atoms with Crippen molar-refractivity contribution < 1.29 is 14.3 Å². The van der Waals surface area contributed by atoms with Crippen molar-refractivity contribution in [3.05, 3.63) is 29.0 Å². The summed E-state index contributed by atoms with van der Waals surface area (Å²) in [6.45, 7) is 3.58. The summed E-state index contributed by atoms with van der Waals surface area (Å²) in [4.78, 5) is 10.9. The maximum Gasteiger partial charge on any atom is 0.326 e. The molecule has 0 aliphatic carbocycles. The van der Waals surface area contributed by atoms with Crippen molar-refractivity contribution in [3.8, 4) is 0 Å². The van der Waals surface area contributed by atoms with E-state index in [2.05, 4.69) is 5.32 Å². The van der Waals surface area contributed by atoms with E-state index in [0.29, 0.717) is 5.69 Å². The van der Waals surface area contributed by atoms with Crippen LogP contribution < -0.4 is 5.32 Å². The SMILES string of the molecule is CC(C)C(Nc1ccc(F)c(Cl)c1)C(=O)O. The quantitative estimate of drug-likeness (QED) is 0.857. The lowest BCUT2D eigenvalue weighted by Gasteiger charge is -2.19. The number of aliphatic carboxylic acids is 1. The van der Waals surface area contributed by atoms with Gasteiger partial charge in [-0.3, -0.25) is 0 Å². The standard InChI is InChI=1S/C11H13ClFNO2/c1-6(2)10(11(15)16)14-7-3-4-9(13)8(12)5-7/h3-6,10,14H,1-2H3,(H,15,16). The summed E-state index contributed by atoms with van der Waals surface area (Å²) >= 11 is 5.59. The van der Waals surface area contributed by atoms with E-state index < -0.39 is 17.8 Å². The zero-order valence-electron chi connectivity index (χ0n) is 9.00. The molecule has 16 heavy (non-hydrogen) atoms. The van der Waals surface area contributed by atoms with Crippen molar-refractivity contribution in [2.45, 2.75) is 19.9 Å². The van der Waals surface area contributed by atoms with Gasteiger partial charge in [-0.1, -0.05) is 25.4 Å². The zero-order valence-corrected chi connectivity index (χ0v) is 9.75. The first-order valence-corrected chi connectivity index (χ1v) is 5.24. The second-order valence-electron chi connectivity index (χ2n) is 3.83. The summed E-state index contributed by atoms with van der Waals surface area (Å²) in [6.07, 6.45) is 0. The van der Waals surface area contributed by atoms with Crippen LogP contribution in [0.2, 0.25) is 5.02 Å². The molecule has 3 nitrogen and oxygen atoms in total. The van der Waals surface area contributed by atoms with E-state index in [1.807, 2.05) is 0 Å². The van der Waals surface area contributed by atoms with Crippen molar-refractivity contribution in [1.29, 1.82) is 0 Å². The highest BCUT2D eigenvalue weighted by Gasteiger charge is 2.21. The number of hydrogen-bond donors (Lipinski definition) is 2. The van der Waals surface area contributed by atoms with Gasteiger partial charge in [-0.2, -0.15) is 0 Å². The third-order valence-corrected chi connectivity index (χ3v) is 2.46. The lowest BCUT2D eigenvalue weighted by atomic mass is 10.0. The molecule has 1 aromatic carbocycles. The van der Waals surface area contributed by atoms with Crippen molar-refractivity contribution in [2.75, 3.05) is 5.32 Å². The Balaban J connectivity index is 2.86. The van der Waals surface area contributed by atoms with E-state index >= 15 is 0 Å². The molecule has 5 heteroatoms. The van der Waals surface area contributed by atoms with Gasteiger partial charge >= 0.3 is 5.97 Å². The molecule has 1 atom stereocenters. The van der Waals surface area contributed by atoms with Crippen LogP contribution in [-0.2, 0) is 4.79 Å². The molecule has 1 aromatic rings. The van der Waals surface area contributed by atoms with Crippen LogP contribution in [0.25, 0.3) is 0 Å². The van der Waals surface area contributed by atoms with Gasteiger partial charge in [0.15, 0.2) is 0 Å². The van der Waals surface area contributed by atoms with Gasteiger partial charge < -0.3 is 10.4 Å². The fraction of sp³-hybridized carbons (Fsp3) is 0.364. The number of carboxylic acids is 1. The van der Waals surface area contributed by atoms with E-state index in [1.54, 1.807) is 13.8 Å². The van der Waals surface area contributed by atoms with E-state index in [-0.39, 0.29) is 10.9 Å².